The summed E-state index contributed by atoms with van der Waals surface area (Å²) in [6, 6.07) is 22.8. The number of nitrogens with zero attached hydrogens (tertiary/aromatic N) is 8. The largest absolute Gasteiger partial charge is 0.306 e. The molecule has 5 aromatic rings. The Morgan fingerprint density at radius 2 is 1.08 bits per heavy atom. The number of benzene rings is 3. The number of nitrogens with one attached hydrogen (secondary N) is 1. The number of aromatic nitrogens is 4. The van der Waals surface area contributed by atoms with Gasteiger partial charge >= 0.3 is 0 Å². The number of fused-ring (bicyclic) bond motifs is 2. The van der Waals surface area contributed by atoms with Gasteiger partial charge in [-0.1, -0.05) is 36.4 Å². The highest BCUT2D eigenvalue weighted by Crippen LogP contribution is 2.43. The average molecular weight is 502 g/mol. The van der Waals surface area contributed by atoms with Crippen molar-refractivity contribution in [2.45, 2.75) is 18.8 Å². The van der Waals surface area contributed by atoms with Gasteiger partial charge in [0.05, 0.1) is 11.6 Å². The van der Waals surface area contributed by atoms with E-state index >= 15 is 0 Å². The Hall–Kier alpha value is -6.03. The van der Waals surface area contributed by atoms with Crippen LogP contribution in [-0.2, 0) is 0 Å². The lowest BCUT2D eigenvalue weighted by molar-refractivity contribution is 1.13. The van der Waals surface area contributed by atoms with Crippen LogP contribution in [-0.4, -0.2) is 26.2 Å². The third kappa shape index (κ3) is 3.80. The van der Waals surface area contributed by atoms with Crippen molar-refractivity contribution in [1.29, 1.82) is 26.5 Å². The van der Waals surface area contributed by atoms with E-state index in [-0.39, 0.29) is 22.8 Å². The highest BCUT2D eigenvalue weighted by atomic mass is 14.9. The molecule has 1 aliphatic rings. The molecule has 3 aromatic carbocycles. The quantitative estimate of drug-likeness (QED) is 0.256. The molecule has 2 heterocycles. The van der Waals surface area contributed by atoms with E-state index in [2.05, 4.69) is 38.1 Å². The molecule has 0 radical (unpaired) electrons. The molecule has 2 aromatic heterocycles. The van der Waals surface area contributed by atoms with Crippen LogP contribution < -0.4 is 0 Å². The van der Waals surface area contributed by atoms with Crippen molar-refractivity contribution in [1.82, 2.24) is 19.9 Å². The fourth-order valence-corrected chi connectivity index (χ4v) is 4.74. The highest BCUT2D eigenvalue weighted by Gasteiger charge is 2.26. The van der Waals surface area contributed by atoms with Crippen molar-refractivity contribution in [2.24, 2.45) is 0 Å². The summed E-state index contributed by atoms with van der Waals surface area (Å²) in [7, 11) is 0. The molecule has 0 atom stereocenters. The van der Waals surface area contributed by atoms with Gasteiger partial charge < -0.3 is 5.41 Å². The molecule has 0 saturated heterocycles. The molecule has 0 amide bonds. The van der Waals surface area contributed by atoms with Gasteiger partial charge in [0, 0.05) is 17.3 Å². The van der Waals surface area contributed by atoms with Gasteiger partial charge in [-0.05, 0) is 47.6 Å². The maximum Gasteiger partial charge on any atom is 0.177 e. The van der Waals surface area contributed by atoms with E-state index in [0.717, 1.165) is 24.6 Å². The zero-order valence-electron chi connectivity index (χ0n) is 20.3. The van der Waals surface area contributed by atoms with E-state index in [9.17, 15) is 21.0 Å². The van der Waals surface area contributed by atoms with E-state index < -0.39 is 0 Å². The van der Waals surface area contributed by atoms with Gasteiger partial charge in [0.1, 0.15) is 46.0 Å². The van der Waals surface area contributed by atoms with Crippen molar-refractivity contribution in [3.05, 3.63) is 82.4 Å². The van der Waals surface area contributed by atoms with Gasteiger partial charge in [0.15, 0.2) is 17.1 Å². The van der Waals surface area contributed by atoms with Crippen molar-refractivity contribution in [3.8, 4) is 46.5 Å². The summed E-state index contributed by atoms with van der Waals surface area (Å²) in [4.78, 5) is 18.5. The third-order valence-corrected chi connectivity index (χ3v) is 6.77. The van der Waals surface area contributed by atoms with E-state index in [1.165, 1.54) is 5.56 Å². The molecule has 9 heteroatoms. The van der Waals surface area contributed by atoms with Gasteiger partial charge in [0.25, 0.3) is 0 Å². The first-order valence-electron chi connectivity index (χ1n) is 12.0. The summed E-state index contributed by atoms with van der Waals surface area (Å²) in [5.41, 5.74) is 5.18. The van der Waals surface area contributed by atoms with Gasteiger partial charge in [-0.3, -0.25) is 0 Å². The van der Waals surface area contributed by atoms with E-state index in [4.69, 9.17) is 5.41 Å². The topological polar surface area (TPSA) is 171 Å². The fourth-order valence-electron chi connectivity index (χ4n) is 4.74. The zero-order valence-corrected chi connectivity index (χ0v) is 20.3. The van der Waals surface area contributed by atoms with Crippen molar-refractivity contribution < 1.29 is 0 Å². The summed E-state index contributed by atoms with van der Waals surface area (Å²) in [6.07, 6.45) is 3.29. The number of nitriles is 4. The molecule has 0 aliphatic heterocycles. The normalized spacial score (nSPS) is 12.3. The molecule has 1 N–H and O–H groups in total. The van der Waals surface area contributed by atoms with Crippen LogP contribution >= 0.6 is 0 Å². The van der Waals surface area contributed by atoms with Gasteiger partial charge in [-0.2, -0.15) is 21.0 Å². The summed E-state index contributed by atoms with van der Waals surface area (Å²) in [6.45, 7) is 0. The number of rotatable bonds is 4. The molecule has 0 unspecified atom stereocenters. The number of hydrogen-bond donors (Lipinski definition) is 1. The minimum absolute atomic E-state index is 0.0381. The standard InChI is InChI=1S/C30H15N9/c31-11-16-1-3-19(4-2-16)25-27-29(38-23(14-34)21(12-32)36-27)26(20-9-7-18(8-10-20)17-5-6-17)30-28(25)37-22(13-33)24(15-35)39-30/h1-4,7-10,14,17,34H,5-6H2. The summed E-state index contributed by atoms with van der Waals surface area (Å²) in [5, 5.41) is 46.4. The minimum Gasteiger partial charge on any atom is -0.306 e. The second-order valence-electron chi connectivity index (χ2n) is 9.09. The van der Waals surface area contributed by atoms with Crippen LogP contribution in [0.1, 0.15) is 52.7 Å². The Labute approximate surface area is 222 Å². The van der Waals surface area contributed by atoms with Gasteiger partial charge in [0.2, 0.25) is 0 Å². The molecular weight excluding hydrogens is 486 g/mol. The molecule has 0 bridgehead atoms. The zero-order chi connectivity index (χ0) is 27.1. The van der Waals surface area contributed by atoms with Gasteiger partial charge in [-0.15, -0.1) is 0 Å². The van der Waals surface area contributed by atoms with Crippen LogP contribution in [0.2, 0.25) is 0 Å². The first-order valence-corrected chi connectivity index (χ1v) is 12.0. The van der Waals surface area contributed by atoms with E-state index in [1.807, 2.05) is 30.3 Å². The first kappa shape index (κ1) is 23.4. The monoisotopic (exact) mass is 501 g/mol. The molecule has 1 aliphatic carbocycles. The van der Waals surface area contributed by atoms with Crippen LogP contribution in [0.15, 0.2) is 48.5 Å². The van der Waals surface area contributed by atoms with Crippen LogP contribution in [0.25, 0.3) is 44.3 Å². The lowest BCUT2D eigenvalue weighted by atomic mass is 9.93. The lowest BCUT2D eigenvalue weighted by Crippen LogP contribution is -2.05. The lowest BCUT2D eigenvalue weighted by Gasteiger charge is -2.16. The maximum atomic E-state index is 9.78. The molecular formula is C30H15N9. The Morgan fingerprint density at radius 1 is 0.615 bits per heavy atom. The molecule has 39 heavy (non-hydrogen) atoms. The van der Waals surface area contributed by atoms with E-state index in [0.29, 0.717) is 50.2 Å². The molecule has 9 nitrogen and oxygen atoms in total. The number of hydrogen-bond acceptors (Lipinski definition) is 9. The Kier molecular flexibility index (Phi) is 5.47. The third-order valence-electron chi connectivity index (χ3n) is 6.77. The van der Waals surface area contributed by atoms with Crippen molar-refractivity contribution >= 4 is 28.3 Å². The van der Waals surface area contributed by atoms with Crippen LogP contribution in [0, 0.1) is 50.7 Å². The highest BCUT2D eigenvalue weighted by molar-refractivity contribution is 6.17. The molecule has 6 rings (SSSR count). The maximum absolute atomic E-state index is 9.78. The fraction of sp³-hybridized carbons (Fsp3) is 0.100. The molecule has 1 fully saturated rings. The Balaban J connectivity index is 1.83. The summed E-state index contributed by atoms with van der Waals surface area (Å²) < 4.78 is 0. The van der Waals surface area contributed by atoms with Crippen molar-refractivity contribution in [3.63, 3.8) is 0 Å². The van der Waals surface area contributed by atoms with Crippen LogP contribution in [0.5, 0.6) is 0 Å². The SMILES string of the molecule is N#Cc1ccc(-c2c3nc(C#N)c(C#N)nc3c(-c3ccc(C4CC4)cc3)c3nc(C=N)c(C#N)nc23)cc1. The van der Waals surface area contributed by atoms with Crippen LogP contribution in [0.4, 0.5) is 0 Å². The van der Waals surface area contributed by atoms with Gasteiger partial charge in [-0.25, -0.2) is 19.9 Å². The predicted octanol–water partition coefficient (Wildman–Crippen LogP) is 5.27. The van der Waals surface area contributed by atoms with E-state index in [1.54, 1.807) is 24.3 Å². The Bertz CT molecular complexity index is 2010. The molecule has 180 valence electrons. The first-order chi connectivity index (χ1) is 19.1. The predicted molar refractivity (Wildman–Crippen MR) is 142 cm³/mol. The average Bonchev–Trinajstić information content (AvgIpc) is 3.84. The minimum atomic E-state index is -0.140. The second-order valence-corrected chi connectivity index (χ2v) is 9.09. The Morgan fingerprint density at radius 3 is 1.51 bits per heavy atom. The molecule has 1 saturated carbocycles. The second kappa shape index (κ2) is 9.12. The smallest absolute Gasteiger partial charge is 0.177 e. The summed E-state index contributed by atoms with van der Waals surface area (Å²) in [5.74, 6) is 0.553. The van der Waals surface area contributed by atoms with Crippen LogP contribution in [0.3, 0.4) is 0 Å². The van der Waals surface area contributed by atoms with Crippen molar-refractivity contribution in [2.75, 3.05) is 0 Å². The molecule has 0 spiro atoms. The summed E-state index contributed by atoms with van der Waals surface area (Å²) >= 11 is 0.